The number of pyridine rings is 1. The zero-order chi connectivity index (χ0) is 23.0. The number of aryl methyl sites for hydroxylation is 1. The molecule has 2 heterocycles. The Labute approximate surface area is 189 Å². The predicted octanol–water partition coefficient (Wildman–Crippen LogP) is 6.40. The van der Waals surface area contributed by atoms with Crippen LogP contribution in [0, 0.1) is 6.92 Å². The van der Waals surface area contributed by atoms with Crippen molar-refractivity contribution < 1.29 is 18.6 Å². The van der Waals surface area contributed by atoms with Crippen LogP contribution in [-0.4, -0.2) is 26.3 Å². The van der Waals surface area contributed by atoms with Crippen molar-refractivity contribution >= 4 is 22.5 Å². The maximum atomic E-state index is 13.1. The number of fused-ring (bicyclic) bond motifs is 1. The van der Waals surface area contributed by atoms with Gasteiger partial charge in [0.05, 0.1) is 10.5 Å². The molecule has 0 fully saturated rings. The molecule has 166 valence electrons. The molecule has 0 atom stereocenters. The quantitative estimate of drug-likeness (QED) is 0.363. The molecule has 4 rings (SSSR count). The van der Waals surface area contributed by atoms with Gasteiger partial charge in [0.15, 0.2) is 0 Å². The number of aromatic nitrogens is 3. The summed E-state index contributed by atoms with van der Waals surface area (Å²) in [5.41, 5.74) is 3.11. The fraction of sp³-hybridized carbons (Fsp3) is 0.250. The number of hydrogen-bond acceptors (Lipinski definition) is 4. The Morgan fingerprint density at radius 1 is 1.12 bits per heavy atom. The molecule has 0 amide bonds. The highest BCUT2D eigenvalue weighted by Crippen LogP contribution is 2.38. The van der Waals surface area contributed by atoms with Crippen molar-refractivity contribution in [1.82, 2.24) is 14.5 Å². The van der Waals surface area contributed by atoms with Gasteiger partial charge in [0, 0.05) is 41.4 Å². The van der Waals surface area contributed by atoms with Crippen LogP contribution in [0.4, 0.5) is 8.78 Å². The van der Waals surface area contributed by atoms with E-state index in [9.17, 15) is 13.9 Å². The molecule has 0 saturated heterocycles. The second-order valence-corrected chi connectivity index (χ2v) is 8.25. The smallest absolute Gasteiger partial charge is 0.388 e. The van der Waals surface area contributed by atoms with Crippen LogP contribution in [0.15, 0.2) is 48.8 Å². The van der Waals surface area contributed by atoms with Crippen LogP contribution in [-0.2, 0) is 6.42 Å². The molecule has 0 aliphatic heterocycles. The number of phenolic OH excluding ortho intramolecular Hbond substituents is 1. The van der Waals surface area contributed by atoms with Crippen molar-refractivity contribution in [2.75, 3.05) is 0 Å². The van der Waals surface area contributed by atoms with E-state index in [0.29, 0.717) is 22.9 Å². The molecule has 4 aromatic rings. The Morgan fingerprint density at radius 2 is 1.84 bits per heavy atom. The minimum atomic E-state index is -3.03. The van der Waals surface area contributed by atoms with E-state index in [-0.39, 0.29) is 28.1 Å². The molecule has 32 heavy (non-hydrogen) atoms. The Kier molecular flexibility index (Phi) is 6.02. The van der Waals surface area contributed by atoms with Crippen LogP contribution in [0.1, 0.15) is 42.3 Å². The molecule has 0 bridgehead atoms. The van der Waals surface area contributed by atoms with E-state index in [1.807, 2.05) is 35.0 Å². The summed E-state index contributed by atoms with van der Waals surface area (Å²) in [5, 5.41) is 11.0. The number of rotatable bonds is 6. The Balaban J connectivity index is 1.75. The standard InChI is InChI=1S/C24H22ClF2N3O2/c1-13(2)22-28-10-11-30(22)16-6-4-15(5-7-16)12-17-14(3)20-19(31)9-8-18(25)21(20)29-23(17)32-24(26)27/h4-11,13,24,31H,12H2,1-3H3. The van der Waals surface area contributed by atoms with Crippen LogP contribution in [0.5, 0.6) is 11.6 Å². The maximum absolute atomic E-state index is 13.1. The first-order chi connectivity index (χ1) is 15.3. The van der Waals surface area contributed by atoms with Gasteiger partial charge in [0.1, 0.15) is 11.6 Å². The molecule has 8 heteroatoms. The third-order valence-corrected chi connectivity index (χ3v) is 5.69. The van der Waals surface area contributed by atoms with Crippen LogP contribution >= 0.6 is 11.6 Å². The molecule has 0 spiro atoms. The molecular weight excluding hydrogens is 436 g/mol. The van der Waals surface area contributed by atoms with Gasteiger partial charge in [-0.15, -0.1) is 0 Å². The lowest BCUT2D eigenvalue weighted by Gasteiger charge is -2.17. The van der Waals surface area contributed by atoms with E-state index in [1.54, 1.807) is 13.1 Å². The van der Waals surface area contributed by atoms with Crippen molar-refractivity contribution in [3.05, 3.63) is 76.3 Å². The number of benzene rings is 2. The van der Waals surface area contributed by atoms with Gasteiger partial charge in [-0.25, -0.2) is 9.97 Å². The van der Waals surface area contributed by atoms with Gasteiger partial charge in [-0.2, -0.15) is 8.78 Å². The minimum absolute atomic E-state index is 0.0177. The van der Waals surface area contributed by atoms with Crippen molar-refractivity contribution in [1.29, 1.82) is 0 Å². The average molecular weight is 458 g/mol. The molecular formula is C24H22ClF2N3O2. The highest BCUT2D eigenvalue weighted by molar-refractivity contribution is 6.35. The SMILES string of the molecule is Cc1c(Cc2ccc(-n3ccnc3C(C)C)cc2)c(OC(F)F)nc2c(Cl)ccc(O)c12. The highest BCUT2D eigenvalue weighted by atomic mass is 35.5. The van der Waals surface area contributed by atoms with E-state index >= 15 is 0 Å². The summed E-state index contributed by atoms with van der Waals surface area (Å²) >= 11 is 6.20. The Morgan fingerprint density at radius 3 is 2.50 bits per heavy atom. The summed E-state index contributed by atoms with van der Waals surface area (Å²) in [5.74, 6) is 1.01. The fourth-order valence-corrected chi connectivity index (χ4v) is 4.04. The normalized spacial score (nSPS) is 11.6. The monoisotopic (exact) mass is 457 g/mol. The first-order valence-corrected chi connectivity index (χ1v) is 10.5. The number of aromatic hydroxyl groups is 1. The number of nitrogens with zero attached hydrogens (tertiary/aromatic N) is 3. The molecule has 2 aromatic carbocycles. The van der Waals surface area contributed by atoms with E-state index in [4.69, 9.17) is 16.3 Å². The van der Waals surface area contributed by atoms with Gasteiger partial charge in [-0.1, -0.05) is 37.6 Å². The van der Waals surface area contributed by atoms with Crippen molar-refractivity contribution in [3.8, 4) is 17.3 Å². The Bertz CT molecular complexity index is 1270. The lowest BCUT2D eigenvalue weighted by molar-refractivity contribution is -0.0532. The van der Waals surface area contributed by atoms with Gasteiger partial charge >= 0.3 is 6.61 Å². The van der Waals surface area contributed by atoms with E-state index in [2.05, 4.69) is 23.8 Å². The second-order valence-electron chi connectivity index (χ2n) is 7.84. The van der Waals surface area contributed by atoms with Crippen LogP contribution < -0.4 is 4.74 Å². The van der Waals surface area contributed by atoms with E-state index in [0.717, 1.165) is 17.1 Å². The van der Waals surface area contributed by atoms with E-state index in [1.165, 1.54) is 12.1 Å². The molecule has 0 radical (unpaired) electrons. The highest BCUT2D eigenvalue weighted by Gasteiger charge is 2.20. The van der Waals surface area contributed by atoms with Crippen molar-refractivity contribution in [2.45, 2.75) is 39.7 Å². The van der Waals surface area contributed by atoms with Crippen molar-refractivity contribution in [3.63, 3.8) is 0 Å². The summed E-state index contributed by atoms with van der Waals surface area (Å²) in [6.45, 7) is 2.86. The summed E-state index contributed by atoms with van der Waals surface area (Å²) in [4.78, 5) is 8.63. The lowest BCUT2D eigenvalue weighted by atomic mass is 9.97. The number of alkyl halides is 2. The topological polar surface area (TPSA) is 60.2 Å². The van der Waals surface area contributed by atoms with Crippen LogP contribution in [0.25, 0.3) is 16.6 Å². The van der Waals surface area contributed by atoms with Crippen LogP contribution in [0.2, 0.25) is 5.02 Å². The molecule has 0 aliphatic carbocycles. The lowest BCUT2D eigenvalue weighted by Crippen LogP contribution is -2.09. The summed E-state index contributed by atoms with van der Waals surface area (Å²) < 4.78 is 33.0. The number of hydrogen-bond donors (Lipinski definition) is 1. The van der Waals surface area contributed by atoms with Crippen LogP contribution in [0.3, 0.4) is 0 Å². The maximum Gasteiger partial charge on any atom is 0.388 e. The summed E-state index contributed by atoms with van der Waals surface area (Å²) in [6, 6.07) is 10.7. The third-order valence-electron chi connectivity index (χ3n) is 5.39. The van der Waals surface area contributed by atoms with E-state index < -0.39 is 6.61 Å². The molecule has 5 nitrogen and oxygen atoms in total. The molecule has 1 N–H and O–H groups in total. The first-order valence-electron chi connectivity index (χ1n) is 10.1. The summed E-state index contributed by atoms with van der Waals surface area (Å²) in [7, 11) is 0. The number of phenols is 1. The zero-order valence-corrected chi connectivity index (χ0v) is 18.6. The average Bonchev–Trinajstić information content (AvgIpc) is 3.24. The number of ether oxygens (including phenoxy) is 1. The molecule has 0 aliphatic rings. The zero-order valence-electron chi connectivity index (χ0n) is 17.8. The Hall–Kier alpha value is -3.19. The third kappa shape index (κ3) is 4.12. The van der Waals surface area contributed by atoms with Gasteiger partial charge in [-0.05, 0) is 42.3 Å². The summed E-state index contributed by atoms with van der Waals surface area (Å²) in [6.07, 6.45) is 3.96. The second kappa shape index (κ2) is 8.74. The van der Waals surface area contributed by atoms with Gasteiger partial charge in [0.2, 0.25) is 5.88 Å². The minimum Gasteiger partial charge on any atom is -0.507 e. The number of halogens is 3. The van der Waals surface area contributed by atoms with Gasteiger partial charge < -0.3 is 14.4 Å². The fourth-order valence-electron chi connectivity index (χ4n) is 3.84. The van der Waals surface area contributed by atoms with Gasteiger partial charge in [0.25, 0.3) is 0 Å². The number of imidazole rings is 1. The molecule has 2 aromatic heterocycles. The molecule has 0 saturated carbocycles. The molecule has 0 unspecified atom stereocenters. The van der Waals surface area contributed by atoms with Gasteiger partial charge in [-0.3, -0.25) is 0 Å². The van der Waals surface area contributed by atoms with Crippen molar-refractivity contribution in [2.24, 2.45) is 0 Å². The predicted molar refractivity (Wildman–Crippen MR) is 120 cm³/mol. The largest absolute Gasteiger partial charge is 0.507 e. The first kappa shape index (κ1) is 22.0.